The molecular formula is C22H19N3O4. The summed E-state index contributed by atoms with van der Waals surface area (Å²) in [6.45, 7) is 3.63. The van der Waals surface area contributed by atoms with Crippen LogP contribution in [0.3, 0.4) is 0 Å². The lowest BCUT2D eigenvalue weighted by atomic mass is 10.1. The summed E-state index contributed by atoms with van der Waals surface area (Å²) in [4.78, 5) is 35.8. The summed E-state index contributed by atoms with van der Waals surface area (Å²) < 4.78 is 0. The number of benzene rings is 3. The number of nitro benzene ring substituents is 1. The Morgan fingerprint density at radius 1 is 0.828 bits per heavy atom. The molecule has 3 rings (SSSR count). The van der Waals surface area contributed by atoms with Crippen molar-refractivity contribution in [2.45, 2.75) is 13.8 Å². The van der Waals surface area contributed by atoms with E-state index in [0.29, 0.717) is 22.5 Å². The molecule has 0 aliphatic heterocycles. The number of non-ortho nitro benzene ring substituents is 1. The number of hydrogen-bond acceptors (Lipinski definition) is 4. The number of hydrogen-bond donors (Lipinski definition) is 2. The van der Waals surface area contributed by atoms with E-state index in [1.54, 1.807) is 55.5 Å². The summed E-state index contributed by atoms with van der Waals surface area (Å²) in [6, 6.07) is 18.0. The third-order valence-electron chi connectivity index (χ3n) is 4.38. The number of amides is 2. The molecule has 0 unspecified atom stereocenters. The van der Waals surface area contributed by atoms with Crippen LogP contribution in [0.2, 0.25) is 0 Å². The van der Waals surface area contributed by atoms with Crippen LogP contribution >= 0.6 is 0 Å². The summed E-state index contributed by atoms with van der Waals surface area (Å²) in [5.74, 6) is -0.811. The highest BCUT2D eigenvalue weighted by Gasteiger charge is 2.16. The van der Waals surface area contributed by atoms with Gasteiger partial charge < -0.3 is 10.6 Å². The van der Waals surface area contributed by atoms with E-state index >= 15 is 0 Å². The zero-order chi connectivity index (χ0) is 21.0. The molecule has 0 saturated heterocycles. The highest BCUT2D eigenvalue weighted by atomic mass is 16.6. The van der Waals surface area contributed by atoms with Crippen molar-refractivity contribution in [2.24, 2.45) is 0 Å². The number of carbonyl (C=O) groups excluding carboxylic acids is 2. The first-order chi connectivity index (χ1) is 13.8. The zero-order valence-electron chi connectivity index (χ0n) is 15.9. The number of anilines is 2. The van der Waals surface area contributed by atoms with Crippen LogP contribution in [0, 0.1) is 24.0 Å². The predicted octanol–water partition coefficient (Wildman–Crippen LogP) is 4.72. The first kappa shape index (κ1) is 19.8. The smallest absolute Gasteiger partial charge is 0.271 e. The normalized spacial score (nSPS) is 10.3. The van der Waals surface area contributed by atoms with E-state index in [9.17, 15) is 19.7 Å². The van der Waals surface area contributed by atoms with Crippen molar-refractivity contribution in [3.05, 3.63) is 99.1 Å². The van der Waals surface area contributed by atoms with E-state index in [1.807, 2.05) is 13.0 Å². The van der Waals surface area contributed by atoms with Crippen LogP contribution in [0.5, 0.6) is 0 Å². The third kappa shape index (κ3) is 4.65. The van der Waals surface area contributed by atoms with Gasteiger partial charge in [0.15, 0.2) is 0 Å². The molecule has 0 atom stereocenters. The second-order valence-corrected chi connectivity index (χ2v) is 6.58. The molecule has 2 amide bonds. The second kappa shape index (κ2) is 8.35. The molecule has 0 saturated carbocycles. The van der Waals surface area contributed by atoms with Gasteiger partial charge in [0.2, 0.25) is 0 Å². The molecule has 146 valence electrons. The van der Waals surface area contributed by atoms with Gasteiger partial charge in [0.25, 0.3) is 17.5 Å². The molecule has 0 aliphatic rings. The molecule has 0 radical (unpaired) electrons. The van der Waals surface area contributed by atoms with Crippen LogP contribution in [0.15, 0.2) is 66.7 Å². The van der Waals surface area contributed by atoms with Crippen molar-refractivity contribution in [1.82, 2.24) is 0 Å². The van der Waals surface area contributed by atoms with Gasteiger partial charge in [-0.25, -0.2) is 0 Å². The van der Waals surface area contributed by atoms with Crippen molar-refractivity contribution in [2.75, 3.05) is 10.6 Å². The van der Waals surface area contributed by atoms with E-state index in [-0.39, 0.29) is 17.2 Å². The fraction of sp³-hybridized carbons (Fsp3) is 0.0909. The van der Waals surface area contributed by atoms with E-state index in [0.717, 1.165) is 5.56 Å². The van der Waals surface area contributed by atoms with E-state index in [2.05, 4.69) is 10.6 Å². The maximum Gasteiger partial charge on any atom is 0.271 e. The molecule has 0 heterocycles. The van der Waals surface area contributed by atoms with E-state index in [4.69, 9.17) is 0 Å². The SMILES string of the molecule is Cc1cccc(C(=O)Nc2ccccc2C(=O)Nc2cc([N+](=O)[O-])ccc2C)c1. The Kier molecular flexibility index (Phi) is 5.69. The van der Waals surface area contributed by atoms with Gasteiger partial charge in [-0.3, -0.25) is 19.7 Å². The third-order valence-corrected chi connectivity index (χ3v) is 4.38. The second-order valence-electron chi connectivity index (χ2n) is 6.58. The summed E-state index contributed by atoms with van der Waals surface area (Å²) >= 11 is 0. The fourth-order valence-electron chi connectivity index (χ4n) is 2.82. The van der Waals surface area contributed by atoms with Crippen LogP contribution in [0.1, 0.15) is 31.8 Å². The topological polar surface area (TPSA) is 101 Å². The number of carbonyl (C=O) groups is 2. The van der Waals surface area contributed by atoms with Gasteiger partial charge >= 0.3 is 0 Å². The van der Waals surface area contributed by atoms with Crippen LogP contribution in [-0.4, -0.2) is 16.7 Å². The molecule has 0 aliphatic carbocycles. The van der Waals surface area contributed by atoms with Crippen molar-refractivity contribution in [1.29, 1.82) is 0 Å². The quantitative estimate of drug-likeness (QED) is 0.487. The number of nitro groups is 1. The van der Waals surface area contributed by atoms with Crippen LogP contribution < -0.4 is 10.6 Å². The highest BCUT2D eigenvalue weighted by molar-refractivity contribution is 6.12. The number of nitrogens with one attached hydrogen (secondary N) is 2. The minimum Gasteiger partial charge on any atom is -0.321 e. The van der Waals surface area contributed by atoms with Gasteiger partial charge in [-0.15, -0.1) is 0 Å². The fourth-order valence-corrected chi connectivity index (χ4v) is 2.82. The van der Waals surface area contributed by atoms with Gasteiger partial charge in [0.1, 0.15) is 0 Å². The maximum absolute atomic E-state index is 12.8. The number of aryl methyl sites for hydroxylation is 2. The predicted molar refractivity (Wildman–Crippen MR) is 111 cm³/mol. The van der Waals surface area contributed by atoms with Crippen molar-refractivity contribution < 1.29 is 14.5 Å². The summed E-state index contributed by atoms with van der Waals surface area (Å²) in [7, 11) is 0. The Hall–Kier alpha value is -4.00. The average Bonchev–Trinajstić information content (AvgIpc) is 2.69. The van der Waals surface area contributed by atoms with Crippen LogP contribution in [0.4, 0.5) is 17.1 Å². The van der Waals surface area contributed by atoms with Gasteiger partial charge in [0.05, 0.1) is 21.9 Å². The number of nitrogens with zero attached hydrogens (tertiary/aromatic N) is 1. The Morgan fingerprint density at radius 3 is 2.28 bits per heavy atom. The Bertz CT molecular complexity index is 1110. The monoisotopic (exact) mass is 389 g/mol. The Labute approximate surface area is 167 Å². The largest absolute Gasteiger partial charge is 0.321 e. The van der Waals surface area contributed by atoms with E-state index in [1.165, 1.54) is 12.1 Å². The minimum absolute atomic E-state index is 0.119. The van der Waals surface area contributed by atoms with Crippen molar-refractivity contribution in [3.63, 3.8) is 0 Å². The average molecular weight is 389 g/mol. The lowest BCUT2D eigenvalue weighted by molar-refractivity contribution is -0.384. The lowest BCUT2D eigenvalue weighted by Crippen LogP contribution is -2.18. The number of rotatable bonds is 5. The maximum atomic E-state index is 12.8. The van der Waals surface area contributed by atoms with Crippen LogP contribution in [0.25, 0.3) is 0 Å². The van der Waals surface area contributed by atoms with Gasteiger partial charge in [-0.1, -0.05) is 35.9 Å². The van der Waals surface area contributed by atoms with Crippen LogP contribution in [-0.2, 0) is 0 Å². The zero-order valence-corrected chi connectivity index (χ0v) is 15.9. The summed E-state index contributed by atoms with van der Waals surface area (Å²) in [5.41, 5.74) is 2.93. The van der Waals surface area contributed by atoms with Gasteiger partial charge in [-0.2, -0.15) is 0 Å². The Balaban J connectivity index is 1.85. The molecule has 0 bridgehead atoms. The minimum atomic E-state index is -0.523. The molecular weight excluding hydrogens is 370 g/mol. The summed E-state index contributed by atoms with van der Waals surface area (Å²) in [6.07, 6.45) is 0. The van der Waals surface area contributed by atoms with E-state index < -0.39 is 10.8 Å². The standard InChI is InChI=1S/C22H19N3O4/c1-14-6-5-7-16(12-14)21(26)23-19-9-4-3-8-18(19)22(27)24-20-13-17(25(28)29)11-10-15(20)2/h3-13H,1-2H3,(H,23,26)(H,24,27). The van der Waals surface area contributed by atoms with Gasteiger partial charge in [0, 0.05) is 17.7 Å². The molecule has 3 aromatic carbocycles. The van der Waals surface area contributed by atoms with Gasteiger partial charge in [-0.05, 0) is 43.7 Å². The molecule has 0 fully saturated rings. The van der Waals surface area contributed by atoms with Crippen molar-refractivity contribution in [3.8, 4) is 0 Å². The first-order valence-corrected chi connectivity index (χ1v) is 8.88. The van der Waals surface area contributed by atoms with Crippen molar-refractivity contribution >= 4 is 28.9 Å². The molecule has 7 heteroatoms. The molecule has 7 nitrogen and oxygen atoms in total. The molecule has 2 N–H and O–H groups in total. The molecule has 0 aromatic heterocycles. The molecule has 29 heavy (non-hydrogen) atoms. The first-order valence-electron chi connectivity index (χ1n) is 8.88. The highest BCUT2D eigenvalue weighted by Crippen LogP contribution is 2.24. The number of para-hydroxylation sites is 1. The lowest BCUT2D eigenvalue weighted by Gasteiger charge is -2.13. The Morgan fingerprint density at radius 2 is 1.55 bits per heavy atom. The molecule has 0 spiro atoms. The molecule has 3 aromatic rings. The summed E-state index contributed by atoms with van der Waals surface area (Å²) in [5, 5.41) is 16.4.